The van der Waals surface area contributed by atoms with E-state index in [9.17, 15) is 40.5 Å². The van der Waals surface area contributed by atoms with Crippen molar-refractivity contribution < 1.29 is 54.8 Å². The molecule has 1 amide bonds. The lowest BCUT2D eigenvalue weighted by atomic mass is 9.71. The summed E-state index contributed by atoms with van der Waals surface area (Å²) >= 11 is 0. The van der Waals surface area contributed by atoms with Gasteiger partial charge in [-0.2, -0.15) is 0 Å². The molecule has 4 aliphatic rings. The van der Waals surface area contributed by atoms with E-state index >= 15 is 0 Å². The molecule has 45 heavy (non-hydrogen) atoms. The van der Waals surface area contributed by atoms with Crippen molar-refractivity contribution in [2.75, 3.05) is 26.2 Å². The maximum atomic E-state index is 13.2. The number of nitrogens with one attached hydrogen (secondary N) is 2. The summed E-state index contributed by atoms with van der Waals surface area (Å²) in [5.41, 5.74) is 28.1. The monoisotopic (exact) mass is 651 g/mol. The molecule has 0 spiro atoms. The normalized spacial score (nSPS) is 48.0. The van der Waals surface area contributed by atoms with Crippen LogP contribution in [0.25, 0.3) is 0 Å². The van der Waals surface area contributed by atoms with E-state index in [2.05, 4.69) is 10.6 Å². The Morgan fingerprint density at radius 3 is 2.27 bits per heavy atom. The molecule has 2 aliphatic carbocycles. The molecular weight excluding hydrogens is 598 g/mol. The molecular formula is C27H53N7O11. The Balaban J connectivity index is 1.62. The Bertz CT molecular complexity index is 966. The van der Waals surface area contributed by atoms with Crippen LogP contribution in [0.5, 0.6) is 0 Å². The van der Waals surface area contributed by atoms with E-state index in [0.29, 0.717) is 6.42 Å². The first kappa shape index (κ1) is 36.7. The van der Waals surface area contributed by atoms with Gasteiger partial charge in [0, 0.05) is 50.0 Å². The lowest BCUT2D eigenvalue weighted by Crippen LogP contribution is -2.71. The quantitative estimate of drug-likeness (QED) is 0.0931. The summed E-state index contributed by atoms with van der Waals surface area (Å²) in [6.45, 7) is -0.290. The Morgan fingerprint density at radius 2 is 1.67 bits per heavy atom. The zero-order chi connectivity index (χ0) is 33.2. The molecule has 2 saturated carbocycles. The molecule has 2 saturated heterocycles. The van der Waals surface area contributed by atoms with E-state index < -0.39 is 109 Å². The first-order chi connectivity index (χ1) is 21.2. The minimum absolute atomic E-state index is 0.0133. The van der Waals surface area contributed by atoms with Gasteiger partial charge in [-0.3, -0.25) is 4.79 Å². The number of hydrogen-bond acceptors (Lipinski definition) is 17. The van der Waals surface area contributed by atoms with Gasteiger partial charge >= 0.3 is 0 Å². The van der Waals surface area contributed by atoms with Crippen molar-refractivity contribution in [3.05, 3.63) is 0 Å². The standard InChI is InChI=1S/C27H53N7O11/c28-2-1-11(36)8-33-13-4-15(37)16(7-29)43-23(13)18-12(31)3-14(34-26(41)27(42)5-10(30)6-27)24(21(18)39)45-25-22(40)19(32)20(38)17(9-35)44-25/h10-25,33,35-40,42H,1-9,28-32H2,(H,34,41). The first-order valence-corrected chi connectivity index (χ1v) is 15.7. The van der Waals surface area contributed by atoms with Crippen LogP contribution in [0.2, 0.25) is 0 Å². The highest BCUT2D eigenvalue weighted by molar-refractivity contribution is 5.86. The van der Waals surface area contributed by atoms with Crippen LogP contribution in [0, 0.1) is 5.92 Å². The maximum absolute atomic E-state index is 13.2. The molecule has 262 valence electrons. The van der Waals surface area contributed by atoms with Crippen molar-refractivity contribution in [3.63, 3.8) is 0 Å². The van der Waals surface area contributed by atoms with Gasteiger partial charge in [0.2, 0.25) is 0 Å². The molecule has 15 atom stereocenters. The summed E-state index contributed by atoms with van der Waals surface area (Å²) in [6, 6.07) is -4.07. The number of aliphatic hydroxyl groups is 7. The zero-order valence-corrected chi connectivity index (χ0v) is 25.3. The fourth-order valence-electron chi connectivity index (χ4n) is 7.01. The fourth-order valence-corrected chi connectivity index (χ4v) is 7.01. The van der Waals surface area contributed by atoms with E-state index in [0.717, 1.165) is 0 Å². The van der Waals surface area contributed by atoms with E-state index in [-0.39, 0.29) is 51.4 Å². The summed E-state index contributed by atoms with van der Waals surface area (Å²) in [6.07, 6.45) is -11.4. The van der Waals surface area contributed by atoms with Gasteiger partial charge in [0.1, 0.15) is 30.0 Å². The molecule has 2 heterocycles. The second kappa shape index (κ2) is 15.4. The van der Waals surface area contributed by atoms with Crippen LogP contribution in [0.3, 0.4) is 0 Å². The summed E-state index contributed by atoms with van der Waals surface area (Å²) in [5, 5.41) is 80.4. The molecule has 4 fully saturated rings. The average Bonchev–Trinajstić information content (AvgIpc) is 2.97. The van der Waals surface area contributed by atoms with Crippen LogP contribution in [0.4, 0.5) is 0 Å². The summed E-state index contributed by atoms with van der Waals surface area (Å²) < 4.78 is 17.9. The van der Waals surface area contributed by atoms with Crippen molar-refractivity contribution in [2.45, 2.75) is 129 Å². The number of hydrogen-bond donors (Lipinski definition) is 14. The van der Waals surface area contributed by atoms with Gasteiger partial charge in [-0.05, 0) is 25.8 Å². The highest BCUT2D eigenvalue weighted by atomic mass is 16.7. The molecule has 18 nitrogen and oxygen atoms in total. The topological polar surface area (TPSA) is 341 Å². The van der Waals surface area contributed by atoms with Crippen LogP contribution in [-0.4, -0.2) is 165 Å². The van der Waals surface area contributed by atoms with Gasteiger partial charge in [0.25, 0.3) is 5.91 Å². The fraction of sp³-hybridized carbons (Fsp3) is 0.963. The summed E-state index contributed by atoms with van der Waals surface area (Å²) in [4.78, 5) is 13.2. The number of aliphatic hydroxyl groups excluding tert-OH is 6. The highest BCUT2D eigenvalue weighted by Gasteiger charge is 2.55. The third-order valence-electron chi connectivity index (χ3n) is 9.70. The number of carbonyl (C=O) groups excluding carboxylic acids is 1. The SMILES string of the molecule is NCCC(O)CNC1CC(O)C(CN)OC1C1C(N)CC(NC(=O)C2(O)CC(N)C2)C(OC2OC(CO)C(O)C(N)C2O)C1O. The van der Waals surface area contributed by atoms with Crippen LogP contribution < -0.4 is 39.3 Å². The van der Waals surface area contributed by atoms with Gasteiger partial charge in [-0.1, -0.05) is 0 Å². The van der Waals surface area contributed by atoms with Crippen molar-refractivity contribution >= 4 is 5.91 Å². The van der Waals surface area contributed by atoms with Gasteiger partial charge in [0.05, 0.1) is 49.2 Å². The Labute approximate surface area is 261 Å². The number of carbonyl (C=O) groups is 1. The van der Waals surface area contributed by atoms with Crippen molar-refractivity contribution in [2.24, 2.45) is 34.6 Å². The highest BCUT2D eigenvalue weighted by Crippen LogP contribution is 2.38. The van der Waals surface area contributed by atoms with Crippen LogP contribution in [-0.2, 0) is 19.0 Å². The Morgan fingerprint density at radius 1 is 0.978 bits per heavy atom. The van der Waals surface area contributed by atoms with E-state index in [1.165, 1.54) is 0 Å². The summed E-state index contributed by atoms with van der Waals surface area (Å²) in [5.74, 6) is -1.64. The third-order valence-corrected chi connectivity index (χ3v) is 9.70. The molecule has 18 heteroatoms. The lowest BCUT2D eigenvalue weighted by Gasteiger charge is -2.52. The molecule has 0 radical (unpaired) electrons. The van der Waals surface area contributed by atoms with Crippen LogP contribution in [0.15, 0.2) is 0 Å². The zero-order valence-electron chi connectivity index (χ0n) is 25.3. The van der Waals surface area contributed by atoms with Crippen molar-refractivity contribution in [1.29, 1.82) is 0 Å². The smallest absolute Gasteiger partial charge is 0.252 e. The van der Waals surface area contributed by atoms with Crippen LogP contribution >= 0.6 is 0 Å². The lowest BCUT2D eigenvalue weighted by molar-refractivity contribution is -0.307. The number of amides is 1. The minimum atomic E-state index is -1.72. The molecule has 0 bridgehead atoms. The van der Waals surface area contributed by atoms with E-state index in [1.54, 1.807) is 0 Å². The molecule has 4 rings (SSSR count). The Kier molecular flexibility index (Phi) is 12.5. The van der Waals surface area contributed by atoms with E-state index in [1.807, 2.05) is 0 Å². The minimum Gasteiger partial charge on any atom is -0.394 e. The Hall–Kier alpha value is -1.17. The molecule has 19 N–H and O–H groups in total. The second-order valence-electron chi connectivity index (χ2n) is 13.1. The van der Waals surface area contributed by atoms with Gasteiger partial charge in [-0.25, -0.2) is 0 Å². The van der Waals surface area contributed by atoms with Crippen molar-refractivity contribution in [3.8, 4) is 0 Å². The predicted molar refractivity (Wildman–Crippen MR) is 157 cm³/mol. The first-order valence-electron chi connectivity index (χ1n) is 15.7. The number of nitrogens with two attached hydrogens (primary N) is 5. The average molecular weight is 652 g/mol. The van der Waals surface area contributed by atoms with Crippen molar-refractivity contribution in [1.82, 2.24) is 10.6 Å². The van der Waals surface area contributed by atoms with Crippen LogP contribution in [0.1, 0.15) is 32.1 Å². The third kappa shape index (κ3) is 7.94. The molecule has 2 aliphatic heterocycles. The molecule has 0 aromatic carbocycles. The number of rotatable bonds is 12. The molecule has 0 aromatic rings. The molecule has 15 unspecified atom stereocenters. The van der Waals surface area contributed by atoms with E-state index in [4.69, 9.17) is 42.9 Å². The van der Waals surface area contributed by atoms with Gasteiger partial charge in [-0.15, -0.1) is 0 Å². The predicted octanol–water partition coefficient (Wildman–Crippen LogP) is -7.67. The largest absolute Gasteiger partial charge is 0.394 e. The second-order valence-corrected chi connectivity index (χ2v) is 13.1. The van der Waals surface area contributed by atoms with Gasteiger partial charge in [0.15, 0.2) is 6.29 Å². The molecule has 0 aromatic heterocycles. The summed E-state index contributed by atoms with van der Waals surface area (Å²) in [7, 11) is 0. The van der Waals surface area contributed by atoms with Gasteiger partial charge < -0.3 is 89.3 Å². The number of ether oxygens (including phenoxy) is 3. The maximum Gasteiger partial charge on any atom is 0.252 e.